The molecule has 0 aliphatic rings. The number of aliphatic hydroxyl groups is 2. The molecule has 0 bridgehead atoms. The largest absolute Gasteiger partial charge is 0.466 e. The van der Waals surface area contributed by atoms with E-state index in [1.165, 1.54) is 443 Å². The van der Waals surface area contributed by atoms with E-state index in [1.807, 2.05) is 6.08 Å². The summed E-state index contributed by atoms with van der Waals surface area (Å²) < 4.78 is 5.51. The monoisotopic (exact) mass is 1340 g/mol. The van der Waals surface area contributed by atoms with E-state index in [2.05, 4.69) is 31.3 Å². The van der Waals surface area contributed by atoms with E-state index in [-0.39, 0.29) is 18.5 Å². The highest BCUT2D eigenvalue weighted by Crippen LogP contribution is 2.21. The number of esters is 1. The summed E-state index contributed by atoms with van der Waals surface area (Å²) in [7, 11) is 0. The number of ether oxygens (including phenoxy) is 1. The molecule has 0 fully saturated rings. The number of rotatable bonds is 84. The van der Waals surface area contributed by atoms with E-state index in [0.717, 1.165) is 38.5 Å². The smallest absolute Gasteiger partial charge is 0.305 e. The summed E-state index contributed by atoms with van der Waals surface area (Å²) in [6.07, 6.45) is 111. The average Bonchev–Trinajstić information content (AvgIpc) is 3.06. The molecular weight excluding hydrogens is 1160 g/mol. The minimum Gasteiger partial charge on any atom is -0.466 e. The molecule has 0 saturated carbocycles. The molecule has 0 heterocycles. The Labute approximate surface area is 596 Å². The van der Waals surface area contributed by atoms with Gasteiger partial charge in [-0.2, -0.15) is 0 Å². The third-order valence-electron chi connectivity index (χ3n) is 21.0. The van der Waals surface area contributed by atoms with Crippen LogP contribution in [0.2, 0.25) is 0 Å². The fourth-order valence-corrected chi connectivity index (χ4v) is 14.3. The first-order valence-electron chi connectivity index (χ1n) is 44.1. The van der Waals surface area contributed by atoms with Gasteiger partial charge >= 0.3 is 5.97 Å². The maximum absolute atomic E-state index is 12.6. The molecule has 0 aliphatic carbocycles. The van der Waals surface area contributed by atoms with Crippen molar-refractivity contribution in [3.8, 4) is 0 Å². The Kier molecular flexibility index (Phi) is 83.3. The van der Waals surface area contributed by atoms with Gasteiger partial charge in [-0.15, -0.1) is 0 Å². The van der Waals surface area contributed by atoms with Crippen LogP contribution in [0.5, 0.6) is 0 Å². The first-order valence-corrected chi connectivity index (χ1v) is 44.1. The third kappa shape index (κ3) is 81.2. The van der Waals surface area contributed by atoms with Gasteiger partial charge in [0.05, 0.1) is 25.4 Å². The lowest BCUT2D eigenvalue weighted by Crippen LogP contribution is -2.45. The van der Waals surface area contributed by atoms with Crippen LogP contribution < -0.4 is 5.32 Å². The van der Waals surface area contributed by atoms with Crippen LogP contribution in [0.1, 0.15) is 508 Å². The van der Waals surface area contributed by atoms with Crippen molar-refractivity contribution in [3.05, 3.63) is 24.3 Å². The summed E-state index contributed by atoms with van der Waals surface area (Å²) in [5, 5.41) is 23.3. The van der Waals surface area contributed by atoms with Gasteiger partial charge in [0.25, 0.3) is 0 Å². The van der Waals surface area contributed by atoms with Crippen molar-refractivity contribution in [1.82, 2.24) is 5.32 Å². The van der Waals surface area contributed by atoms with Gasteiger partial charge in [-0.3, -0.25) is 9.59 Å². The normalized spacial score (nSPS) is 12.5. The molecule has 0 spiro atoms. The third-order valence-corrected chi connectivity index (χ3v) is 21.0. The lowest BCUT2D eigenvalue weighted by Gasteiger charge is -2.20. The van der Waals surface area contributed by atoms with Gasteiger partial charge in [0.15, 0.2) is 0 Å². The van der Waals surface area contributed by atoms with Crippen molar-refractivity contribution in [2.24, 2.45) is 0 Å². The summed E-state index contributed by atoms with van der Waals surface area (Å²) in [5.41, 5.74) is 0. The topological polar surface area (TPSA) is 95.9 Å². The molecule has 0 aromatic heterocycles. The first kappa shape index (κ1) is 93.3. The van der Waals surface area contributed by atoms with Crippen LogP contribution >= 0.6 is 0 Å². The van der Waals surface area contributed by atoms with Crippen molar-refractivity contribution >= 4 is 11.9 Å². The molecule has 1 amide bonds. The van der Waals surface area contributed by atoms with Crippen LogP contribution in [-0.4, -0.2) is 47.4 Å². The lowest BCUT2D eigenvalue weighted by atomic mass is 10.0. The Morgan fingerprint density at radius 1 is 0.284 bits per heavy atom. The number of hydrogen-bond acceptors (Lipinski definition) is 5. The zero-order chi connectivity index (χ0) is 68.4. The van der Waals surface area contributed by atoms with Gasteiger partial charge in [-0.1, -0.05) is 462 Å². The van der Waals surface area contributed by atoms with Crippen LogP contribution in [0.15, 0.2) is 24.3 Å². The number of carbonyl (C=O) groups is 2. The molecule has 0 saturated heterocycles. The Balaban J connectivity index is 3.34. The van der Waals surface area contributed by atoms with E-state index in [4.69, 9.17) is 4.74 Å². The molecule has 0 aromatic rings. The van der Waals surface area contributed by atoms with Crippen molar-refractivity contribution in [1.29, 1.82) is 0 Å². The Bertz CT molecular complexity index is 1500. The van der Waals surface area contributed by atoms with Gasteiger partial charge in [0.1, 0.15) is 0 Å². The average molecular weight is 1340 g/mol. The van der Waals surface area contributed by atoms with Crippen molar-refractivity contribution in [2.45, 2.75) is 520 Å². The van der Waals surface area contributed by atoms with E-state index in [1.54, 1.807) is 6.08 Å². The summed E-state index contributed by atoms with van der Waals surface area (Å²) in [6, 6.07) is -0.626. The molecule has 6 nitrogen and oxygen atoms in total. The molecule has 0 aliphatic heterocycles. The molecule has 0 aromatic carbocycles. The second-order valence-corrected chi connectivity index (χ2v) is 30.6. The lowest BCUT2D eigenvalue weighted by molar-refractivity contribution is -0.143. The summed E-state index contributed by atoms with van der Waals surface area (Å²) in [5.74, 6) is -0.0313. The summed E-state index contributed by atoms with van der Waals surface area (Å²) in [4.78, 5) is 24.7. The minimum atomic E-state index is -0.843. The predicted octanol–water partition coefficient (Wildman–Crippen LogP) is 29.6. The van der Waals surface area contributed by atoms with Gasteiger partial charge < -0.3 is 20.3 Å². The Morgan fingerprint density at radius 3 is 0.747 bits per heavy atom. The molecule has 2 unspecified atom stereocenters. The SMILES string of the molecule is CCCCCCCCCCCCCCCCCCCCCCCC/C=C/C(O)C(CO)NC(=O)CCCCCCCCCCCCCCCCCCC/C=C\CCCCCCCCCCCCCCCCCCCCOC(=O)CCCCCCCCCCCCCCCCC. The number of carbonyl (C=O) groups excluding carboxylic acids is 2. The van der Waals surface area contributed by atoms with Crippen molar-refractivity contribution in [3.63, 3.8) is 0 Å². The zero-order valence-corrected chi connectivity index (χ0v) is 64.9. The van der Waals surface area contributed by atoms with Crippen LogP contribution in [0.3, 0.4) is 0 Å². The van der Waals surface area contributed by atoms with E-state index in [9.17, 15) is 19.8 Å². The van der Waals surface area contributed by atoms with Gasteiger partial charge in [-0.05, 0) is 57.8 Å². The molecule has 0 radical (unpaired) electrons. The molecule has 95 heavy (non-hydrogen) atoms. The van der Waals surface area contributed by atoms with Gasteiger partial charge in [0.2, 0.25) is 5.91 Å². The summed E-state index contributed by atoms with van der Waals surface area (Å²) in [6.45, 7) is 4.97. The molecule has 564 valence electrons. The first-order chi connectivity index (χ1) is 47.0. The molecular formula is C89H173NO5. The number of nitrogens with one attached hydrogen (secondary N) is 1. The Hall–Kier alpha value is -1.66. The highest BCUT2D eigenvalue weighted by atomic mass is 16.5. The molecule has 3 N–H and O–H groups in total. The maximum Gasteiger partial charge on any atom is 0.305 e. The van der Waals surface area contributed by atoms with Gasteiger partial charge in [-0.25, -0.2) is 0 Å². The van der Waals surface area contributed by atoms with Crippen molar-refractivity contribution in [2.75, 3.05) is 13.2 Å². The highest BCUT2D eigenvalue weighted by Gasteiger charge is 2.18. The van der Waals surface area contributed by atoms with Gasteiger partial charge in [0, 0.05) is 12.8 Å². The second kappa shape index (κ2) is 84.8. The Morgan fingerprint density at radius 2 is 0.495 bits per heavy atom. The van der Waals surface area contributed by atoms with Crippen molar-refractivity contribution < 1.29 is 24.5 Å². The number of amides is 1. The number of aliphatic hydroxyl groups excluding tert-OH is 2. The van der Waals surface area contributed by atoms with E-state index in [0.29, 0.717) is 19.4 Å². The van der Waals surface area contributed by atoms with Crippen LogP contribution in [0, 0.1) is 0 Å². The summed E-state index contributed by atoms with van der Waals surface area (Å²) >= 11 is 0. The standard InChI is InChI=1S/C89H173NO5/c1-3-5-7-9-11-13-15-17-19-20-21-22-23-41-44-47-50-54-57-61-65-69-73-77-81-87(92)86(85-91)90-88(93)82-78-74-70-66-62-58-55-51-48-45-42-39-37-35-33-31-29-27-25-24-26-28-30-32-34-36-38-40-43-46-49-52-56-60-64-68-72-76-80-84-95-89(94)83-79-75-71-67-63-59-53-18-16-14-12-10-8-6-4-2/h24-25,77,81,86-87,91-92H,3-23,26-76,78-80,82-85H2,1-2H3,(H,90,93)/b25-24-,81-77+. The minimum absolute atomic E-state index is 0.0264. The molecule has 6 heteroatoms. The fourth-order valence-electron chi connectivity index (χ4n) is 14.3. The highest BCUT2D eigenvalue weighted by molar-refractivity contribution is 5.76. The van der Waals surface area contributed by atoms with Crippen LogP contribution in [0.4, 0.5) is 0 Å². The molecule has 0 rings (SSSR count). The number of unbranched alkanes of at least 4 members (excludes halogenated alkanes) is 71. The number of allylic oxidation sites excluding steroid dienone is 3. The maximum atomic E-state index is 12.6. The zero-order valence-electron chi connectivity index (χ0n) is 64.9. The van der Waals surface area contributed by atoms with Crippen LogP contribution in [0.25, 0.3) is 0 Å². The predicted molar refractivity (Wildman–Crippen MR) is 421 cm³/mol. The molecule has 2 atom stereocenters. The number of hydrogen-bond donors (Lipinski definition) is 3. The van der Waals surface area contributed by atoms with E-state index >= 15 is 0 Å². The van der Waals surface area contributed by atoms with Crippen LogP contribution in [-0.2, 0) is 14.3 Å². The second-order valence-electron chi connectivity index (χ2n) is 30.6. The fraction of sp³-hybridized carbons (Fsp3) is 0.933. The van der Waals surface area contributed by atoms with E-state index < -0.39 is 12.1 Å². The quantitative estimate of drug-likeness (QED) is 0.0320.